The highest BCUT2D eigenvalue weighted by molar-refractivity contribution is 6.30. The summed E-state index contributed by atoms with van der Waals surface area (Å²) in [6.45, 7) is 0.236. The van der Waals surface area contributed by atoms with Crippen molar-refractivity contribution in [3.63, 3.8) is 0 Å². The number of alkyl halides is 6. The zero-order chi connectivity index (χ0) is 22.8. The van der Waals surface area contributed by atoms with Gasteiger partial charge in [-0.15, -0.1) is 0 Å². The monoisotopic (exact) mass is 469 g/mol. The molecule has 3 heterocycles. The highest BCUT2D eigenvalue weighted by Gasteiger charge is 2.37. The summed E-state index contributed by atoms with van der Waals surface area (Å²) in [6.07, 6.45) is -7.10. The highest BCUT2D eigenvalue weighted by Crippen LogP contribution is 2.40. The molecule has 0 atom stereocenters. The van der Waals surface area contributed by atoms with Gasteiger partial charge in [0.1, 0.15) is 12.7 Å². The molecule has 0 saturated heterocycles. The van der Waals surface area contributed by atoms with Crippen LogP contribution in [0.25, 0.3) is 28.2 Å². The van der Waals surface area contributed by atoms with Gasteiger partial charge in [0, 0.05) is 5.56 Å². The molecule has 5 rings (SSSR count). The fourth-order valence-electron chi connectivity index (χ4n) is 3.66. The first-order valence-electron chi connectivity index (χ1n) is 9.06. The SMILES string of the molecule is FC(F)(F)c1cc(-c2ccc3c(c2)-c2ncnn2Cc2c(Cl)ncn2-3)cc(C(F)(F)F)c1. The smallest absolute Gasteiger partial charge is 0.299 e. The number of hydrogen-bond acceptors (Lipinski definition) is 3. The molecule has 0 aliphatic carbocycles. The van der Waals surface area contributed by atoms with Gasteiger partial charge < -0.3 is 0 Å². The minimum atomic E-state index is -4.94. The molecule has 0 spiro atoms. The quantitative estimate of drug-likeness (QED) is 0.289. The summed E-state index contributed by atoms with van der Waals surface area (Å²) >= 11 is 6.17. The van der Waals surface area contributed by atoms with E-state index in [4.69, 9.17) is 11.6 Å². The van der Waals surface area contributed by atoms with Crippen LogP contribution < -0.4 is 0 Å². The molecular formula is C20H10ClF6N5. The number of fused-ring (bicyclic) bond motifs is 5. The molecule has 4 aromatic rings. The van der Waals surface area contributed by atoms with E-state index in [0.29, 0.717) is 34.9 Å². The van der Waals surface area contributed by atoms with Crippen LogP contribution >= 0.6 is 11.6 Å². The molecule has 2 aromatic carbocycles. The maximum absolute atomic E-state index is 13.3. The molecule has 32 heavy (non-hydrogen) atoms. The van der Waals surface area contributed by atoms with Crippen LogP contribution in [0.3, 0.4) is 0 Å². The average Bonchev–Trinajstić information content (AvgIpc) is 3.30. The number of rotatable bonds is 1. The first-order valence-corrected chi connectivity index (χ1v) is 9.44. The molecule has 1 aliphatic heterocycles. The van der Waals surface area contributed by atoms with Crippen molar-refractivity contribution in [2.75, 3.05) is 0 Å². The zero-order valence-electron chi connectivity index (χ0n) is 15.7. The molecule has 0 fully saturated rings. The van der Waals surface area contributed by atoms with E-state index in [1.165, 1.54) is 29.5 Å². The van der Waals surface area contributed by atoms with Crippen molar-refractivity contribution in [3.05, 3.63) is 71.0 Å². The Morgan fingerprint density at radius 1 is 0.844 bits per heavy atom. The normalized spacial score (nSPS) is 13.3. The van der Waals surface area contributed by atoms with Gasteiger partial charge in [0.2, 0.25) is 0 Å². The van der Waals surface area contributed by atoms with E-state index < -0.39 is 23.5 Å². The molecule has 1 aliphatic rings. The fraction of sp³-hybridized carbons (Fsp3) is 0.150. The third kappa shape index (κ3) is 3.32. The summed E-state index contributed by atoms with van der Waals surface area (Å²) in [6, 6.07) is 5.98. The molecule has 0 radical (unpaired) electrons. The molecule has 0 saturated carbocycles. The Balaban J connectivity index is 1.74. The summed E-state index contributed by atoms with van der Waals surface area (Å²) in [5.74, 6) is 0.393. The van der Waals surface area contributed by atoms with Crippen LogP contribution in [0.1, 0.15) is 16.8 Å². The predicted molar refractivity (Wildman–Crippen MR) is 102 cm³/mol. The topological polar surface area (TPSA) is 48.5 Å². The predicted octanol–water partition coefficient (Wildman–Crippen LogP) is 5.85. The number of benzene rings is 2. The van der Waals surface area contributed by atoms with Crippen LogP contribution in [-0.4, -0.2) is 24.3 Å². The molecule has 2 aromatic heterocycles. The maximum Gasteiger partial charge on any atom is 0.416 e. The standard InChI is InChI=1S/C20H10ClF6N5/c21-17-16-7-32-18(28-8-30-32)14-5-10(1-2-15(14)31(16)9-29-17)11-3-12(19(22,23)24)6-13(4-11)20(25,26)27/h1-6,8-9H,7H2. The van der Waals surface area contributed by atoms with Crippen LogP contribution in [0, 0.1) is 0 Å². The van der Waals surface area contributed by atoms with E-state index in [9.17, 15) is 26.3 Å². The molecule has 0 N–H and O–H groups in total. The second-order valence-corrected chi connectivity index (χ2v) is 7.48. The maximum atomic E-state index is 13.3. The lowest BCUT2D eigenvalue weighted by atomic mass is 9.97. The average molecular weight is 470 g/mol. The number of nitrogens with zero attached hydrogens (tertiary/aromatic N) is 5. The van der Waals surface area contributed by atoms with E-state index in [1.807, 2.05) is 0 Å². The largest absolute Gasteiger partial charge is 0.416 e. The number of aromatic nitrogens is 5. The van der Waals surface area contributed by atoms with Crippen molar-refractivity contribution in [3.8, 4) is 28.2 Å². The van der Waals surface area contributed by atoms with Gasteiger partial charge in [0.05, 0.1) is 29.1 Å². The zero-order valence-corrected chi connectivity index (χ0v) is 16.5. The molecular weight excluding hydrogens is 460 g/mol. The Labute approximate surface area is 180 Å². The van der Waals surface area contributed by atoms with Gasteiger partial charge in [-0.25, -0.2) is 14.6 Å². The number of halogens is 7. The summed E-state index contributed by atoms with van der Waals surface area (Å²) in [4.78, 5) is 8.28. The molecule has 12 heteroatoms. The number of imidazole rings is 1. The van der Waals surface area contributed by atoms with Crippen molar-refractivity contribution >= 4 is 11.6 Å². The minimum absolute atomic E-state index is 0.101. The van der Waals surface area contributed by atoms with Gasteiger partial charge in [-0.05, 0) is 41.5 Å². The lowest BCUT2D eigenvalue weighted by Crippen LogP contribution is -2.11. The molecule has 0 amide bonds. The summed E-state index contributed by atoms with van der Waals surface area (Å²) < 4.78 is 83.0. The van der Waals surface area contributed by atoms with Gasteiger partial charge >= 0.3 is 12.4 Å². The summed E-state index contributed by atoms with van der Waals surface area (Å²) in [5, 5.41) is 4.39. The minimum Gasteiger partial charge on any atom is -0.299 e. The van der Waals surface area contributed by atoms with Crippen LogP contribution in [-0.2, 0) is 18.9 Å². The Bertz CT molecular complexity index is 1320. The highest BCUT2D eigenvalue weighted by atomic mass is 35.5. The fourth-order valence-corrected chi connectivity index (χ4v) is 3.85. The summed E-state index contributed by atoms with van der Waals surface area (Å²) in [5.41, 5.74) is -1.20. The van der Waals surface area contributed by atoms with Crippen LogP contribution in [0.2, 0.25) is 5.15 Å². The Kier molecular flexibility index (Phi) is 4.39. The lowest BCUT2D eigenvalue weighted by molar-refractivity contribution is -0.143. The Hall–Kier alpha value is -3.34. The molecule has 0 unspecified atom stereocenters. The first-order chi connectivity index (χ1) is 15.0. The van der Waals surface area contributed by atoms with Crippen molar-refractivity contribution in [1.29, 1.82) is 0 Å². The summed E-state index contributed by atoms with van der Waals surface area (Å²) in [7, 11) is 0. The van der Waals surface area contributed by atoms with Gasteiger partial charge in [-0.1, -0.05) is 17.7 Å². The van der Waals surface area contributed by atoms with Gasteiger partial charge in [-0.3, -0.25) is 4.57 Å². The van der Waals surface area contributed by atoms with Crippen molar-refractivity contribution in [1.82, 2.24) is 24.3 Å². The Morgan fingerprint density at radius 2 is 1.53 bits per heavy atom. The van der Waals surface area contributed by atoms with Crippen LogP contribution in [0.15, 0.2) is 49.1 Å². The van der Waals surface area contributed by atoms with E-state index in [-0.39, 0.29) is 28.9 Å². The van der Waals surface area contributed by atoms with E-state index >= 15 is 0 Å². The number of hydrogen-bond donors (Lipinski definition) is 0. The lowest BCUT2D eigenvalue weighted by Gasteiger charge is -2.15. The van der Waals surface area contributed by atoms with E-state index in [2.05, 4.69) is 15.1 Å². The van der Waals surface area contributed by atoms with Crippen LogP contribution in [0.5, 0.6) is 0 Å². The van der Waals surface area contributed by atoms with Gasteiger partial charge in [0.15, 0.2) is 11.0 Å². The van der Waals surface area contributed by atoms with E-state index in [0.717, 1.165) is 0 Å². The van der Waals surface area contributed by atoms with Crippen molar-refractivity contribution in [2.45, 2.75) is 18.9 Å². The van der Waals surface area contributed by atoms with Gasteiger partial charge in [-0.2, -0.15) is 31.4 Å². The van der Waals surface area contributed by atoms with Crippen molar-refractivity contribution in [2.24, 2.45) is 0 Å². The third-order valence-electron chi connectivity index (χ3n) is 5.15. The molecule has 164 valence electrons. The first kappa shape index (κ1) is 20.6. The van der Waals surface area contributed by atoms with Crippen LogP contribution in [0.4, 0.5) is 26.3 Å². The van der Waals surface area contributed by atoms with Gasteiger partial charge in [0.25, 0.3) is 0 Å². The van der Waals surface area contributed by atoms with Crippen molar-refractivity contribution < 1.29 is 26.3 Å². The molecule has 0 bridgehead atoms. The second-order valence-electron chi connectivity index (χ2n) is 7.12. The second kappa shape index (κ2) is 6.83. The molecule has 5 nitrogen and oxygen atoms in total. The third-order valence-corrected chi connectivity index (χ3v) is 5.46. The van der Waals surface area contributed by atoms with E-state index in [1.54, 1.807) is 10.6 Å². The Morgan fingerprint density at radius 3 is 2.19 bits per heavy atom.